The molecule has 0 saturated heterocycles. The van der Waals surface area contributed by atoms with Gasteiger partial charge in [0.1, 0.15) is 27.3 Å². The van der Waals surface area contributed by atoms with Gasteiger partial charge in [-0.15, -0.1) is 0 Å². The van der Waals surface area contributed by atoms with Crippen LogP contribution in [0.15, 0.2) is 144 Å². The first-order chi connectivity index (χ1) is 23.8. The Bertz CT molecular complexity index is 2500. The average molecular weight is 666 g/mol. The number of fused-ring (bicyclic) bond motifs is 5. The van der Waals surface area contributed by atoms with Crippen molar-refractivity contribution in [2.24, 2.45) is 0 Å². The molecule has 49 heavy (non-hydrogen) atoms. The van der Waals surface area contributed by atoms with Crippen LogP contribution in [0, 0.1) is 0 Å². The number of hydrogen-bond donors (Lipinski definition) is 0. The van der Waals surface area contributed by atoms with Crippen molar-refractivity contribution in [3.8, 4) is 45.3 Å². The molecule has 1 aliphatic heterocycles. The molecule has 4 nitrogen and oxygen atoms in total. The summed E-state index contributed by atoms with van der Waals surface area (Å²) < 4.78 is 6.58. The normalized spacial score (nSPS) is 14.4. The molecule has 1 aliphatic rings. The molecule has 0 atom stereocenters. The molecule has 6 aromatic carbocycles. The molecular weight excluding hydrogens is 631 g/mol. The van der Waals surface area contributed by atoms with Crippen molar-refractivity contribution in [3.63, 3.8) is 0 Å². The maximum atomic E-state index is 6.58. The highest BCUT2D eigenvalue weighted by molar-refractivity contribution is 7.16. The lowest BCUT2D eigenvalue weighted by Crippen LogP contribution is -2.77. The number of hydrogen-bond acceptors (Lipinski definition) is 4. The van der Waals surface area contributed by atoms with Crippen molar-refractivity contribution < 1.29 is 4.42 Å². The van der Waals surface area contributed by atoms with E-state index in [1.807, 2.05) is 60.7 Å². The second-order valence-electron chi connectivity index (χ2n) is 14.1. The maximum Gasteiger partial charge on any atom is 0.164 e. The molecule has 0 fully saturated rings. The summed E-state index contributed by atoms with van der Waals surface area (Å²) in [5.74, 6) is 1.90. The van der Waals surface area contributed by atoms with Gasteiger partial charge in [0.15, 0.2) is 17.5 Å². The van der Waals surface area contributed by atoms with E-state index in [2.05, 4.69) is 105 Å². The Morgan fingerprint density at radius 1 is 0.367 bits per heavy atom. The highest BCUT2D eigenvalue weighted by Gasteiger charge is 2.43. The SMILES string of the molecule is C[Si]1(C)c2ccccc2[Si](C)(C)c2cc(-c3ccc4c(c3)oc3cc(-c5nc(-c6ccccc6)nc(-c6ccccc6)n5)ccc34)ccc21. The predicted octanol–water partition coefficient (Wildman–Crippen LogP) is 8.40. The smallest absolute Gasteiger partial charge is 0.164 e. The van der Waals surface area contributed by atoms with Gasteiger partial charge in [0.2, 0.25) is 0 Å². The molecule has 2 aromatic heterocycles. The van der Waals surface area contributed by atoms with Crippen molar-refractivity contribution in [2.75, 3.05) is 0 Å². The van der Waals surface area contributed by atoms with Crippen LogP contribution in [0.1, 0.15) is 0 Å². The third kappa shape index (κ3) is 4.82. The summed E-state index contributed by atoms with van der Waals surface area (Å²) in [5, 5.41) is 8.56. The molecular formula is C43H35N3OSi2. The Hall–Kier alpha value is -5.44. The quantitative estimate of drug-likeness (QED) is 0.177. The van der Waals surface area contributed by atoms with Gasteiger partial charge in [-0.2, -0.15) is 0 Å². The molecule has 236 valence electrons. The molecule has 0 saturated carbocycles. The number of benzene rings is 6. The molecule has 0 amide bonds. The van der Waals surface area contributed by atoms with E-state index in [9.17, 15) is 0 Å². The zero-order chi connectivity index (χ0) is 33.3. The van der Waals surface area contributed by atoms with Gasteiger partial charge in [-0.25, -0.2) is 15.0 Å². The Labute approximate surface area is 288 Å². The fourth-order valence-corrected chi connectivity index (χ4v) is 17.1. The molecule has 6 heteroatoms. The van der Waals surface area contributed by atoms with Crippen LogP contribution in [0.25, 0.3) is 67.2 Å². The number of furan rings is 1. The van der Waals surface area contributed by atoms with E-state index in [4.69, 9.17) is 19.4 Å². The monoisotopic (exact) mass is 665 g/mol. The van der Waals surface area contributed by atoms with Crippen molar-refractivity contribution in [2.45, 2.75) is 26.2 Å². The van der Waals surface area contributed by atoms with Gasteiger partial charge >= 0.3 is 0 Å². The van der Waals surface area contributed by atoms with E-state index in [0.717, 1.165) is 38.6 Å². The molecule has 3 heterocycles. The molecule has 0 spiro atoms. The zero-order valence-electron chi connectivity index (χ0n) is 28.0. The fourth-order valence-electron chi connectivity index (χ4n) is 7.68. The Balaban J connectivity index is 1.13. The van der Waals surface area contributed by atoms with Crippen LogP contribution in [0.3, 0.4) is 0 Å². The van der Waals surface area contributed by atoms with Crippen molar-refractivity contribution in [1.29, 1.82) is 0 Å². The fraction of sp³-hybridized carbons (Fsp3) is 0.0930. The van der Waals surface area contributed by atoms with Crippen LogP contribution in [0.4, 0.5) is 0 Å². The molecule has 0 N–H and O–H groups in total. The van der Waals surface area contributed by atoms with E-state index < -0.39 is 16.1 Å². The summed E-state index contributed by atoms with van der Waals surface area (Å²) in [6, 6.07) is 49.5. The highest BCUT2D eigenvalue weighted by atomic mass is 28.3. The molecule has 8 aromatic rings. The van der Waals surface area contributed by atoms with Gasteiger partial charge in [0, 0.05) is 27.5 Å². The Kier molecular flexibility index (Phi) is 6.70. The summed E-state index contributed by atoms with van der Waals surface area (Å²) in [4.78, 5) is 14.7. The molecule has 0 unspecified atom stereocenters. The summed E-state index contributed by atoms with van der Waals surface area (Å²) >= 11 is 0. The number of aromatic nitrogens is 3. The van der Waals surface area contributed by atoms with Crippen LogP contribution in [0.2, 0.25) is 26.2 Å². The second kappa shape index (κ2) is 11.1. The Morgan fingerprint density at radius 3 is 1.35 bits per heavy atom. The predicted molar refractivity (Wildman–Crippen MR) is 209 cm³/mol. The minimum atomic E-state index is -1.86. The first kappa shape index (κ1) is 29.7. The van der Waals surface area contributed by atoms with Crippen LogP contribution < -0.4 is 20.7 Å². The number of rotatable bonds is 4. The topological polar surface area (TPSA) is 51.8 Å². The lowest BCUT2D eigenvalue weighted by Gasteiger charge is -2.42. The molecule has 9 rings (SSSR count). The zero-order valence-corrected chi connectivity index (χ0v) is 30.0. The maximum absolute atomic E-state index is 6.58. The van der Waals surface area contributed by atoms with Gasteiger partial charge in [-0.3, -0.25) is 0 Å². The van der Waals surface area contributed by atoms with Crippen molar-refractivity contribution >= 4 is 58.8 Å². The third-order valence-corrected chi connectivity index (χ3v) is 18.0. The van der Waals surface area contributed by atoms with Gasteiger partial charge in [0.05, 0.1) is 0 Å². The summed E-state index contributed by atoms with van der Waals surface area (Å²) in [6.45, 7) is 10.0. The lowest BCUT2D eigenvalue weighted by atomic mass is 10.0. The largest absolute Gasteiger partial charge is 0.456 e. The first-order valence-electron chi connectivity index (χ1n) is 16.9. The van der Waals surface area contributed by atoms with E-state index in [1.54, 1.807) is 20.7 Å². The lowest BCUT2D eigenvalue weighted by molar-refractivity contribution is 0.669. The van der Waals surface area contributed by atoms with Crippen LogP contribution in [-0.4, -0.2) is 31.1 Å². The number of nitrogens with zero attached hydrogens (tertiary/aromatic N) is 3. The summed E-state index contributed by atoms with van der Waals surface area (Å²) in [6.07, 6.45) is 0. The summed E-state index contributed by atoms with van der Waals surface area (Å²) in [5.41, 5.74) is 6.90. The average Bonchev–Trinajstić information content (AvgIpc) is 3.52. The van der Waals surface area contributed by atoms with Crippen LogP contribution in [-0.2, 0) is 0 Å². The minimum Gasteiger partial charge on any atom is -0.456 e. The van der Waals surface area contributed by atoms with E-state index >= 15 is 0 Å². The van der Waals surface area contributed by atoms with Crippen molar-refractivity contribution in [3.05, 3.63) is 140 Å². The molecule has 0 aliphatic carbocycles. The van der Waals surface area contributed by atoms with Gasteiger partial charge in [0.25, 0.3) is 0 Å². The molecule has 0 bridgehead atoms. The highest BCUT2D eigenvalue weighted by Crippen LogP contribution is 2.35. The standard InChI is InChI=1S/C43H35N3OSi2/c1-48(2)37-17-11-12-18-38(37)49(3,4)40-27-31(21-24-39(40)48)30-19-22-33-34-23-20-32(26-36(34)47-35(33)25-30)43-45-41(28-13-7-5-8-14-28)44-42(46-43)29-15-9-6-10-16-29/h5-27H,1-4H3. The van der Waals surface area contributed by atoms with Crippen LogP contribution in [0.5, 0.6) is 0 Å². The Morgan fingerprint density at radius 2 is 0.776 bits per heavy atom. The first-order valence-corrected chi connectivity index (χ1v) is 22.9. The van der Waals surface area contributed by atoms with Crippen LogP contribution >= 0.6 is 0 Å². The summed E-state index contributed by atoms with van der Waals surface area (Å²) in [7, 11) is -3.65. The van der Waals surface area contributed by atoms with E-state index in [0.29, 0.717) is 17.5 Å². The van der Waals surface area contributed by atoms with Gasteiger partial charge in [-0.1, -0.05) is 162 Å². The van der Waals surface area contributed by atoms with Crippen molar-refractivity contribution in [1.82, 2.24) is 15.0 Å². The molecule has 0 radical (unpaired) electrons. The minimum absolute atomic E-state index is 0.615. The van der Waals surface area contributed by atoms with Gasteiger partial charge in [-0.05, 0) is 35.4 Å². The van der Waals surface area contributed by atoms with E-state index in [-0.39, 0.29) is 0 Å². The van der Waals surface area contributed by atoms with E-state index in [1.165, 1.54) is 11.1 Å². The second-order valence-corrected chi connectivity index (χ2v) is 22.8. The van der Waals surface area contributed by atoms with Gasteiger partial charge < -0.3 is 4.42 Å². The third-order valence-electron chi connectivity index (χ3n) is 10.4.